The number of hydrogen-bond donors (Lipinski definition) is 3. The molecule has 0 spiro atoms. The predicted molar refractivity (Wildman–Crippen MR) is 80.4 cm³/mol. The summed E-state index contributed by atoms with van der Waals surface area (Å²) in [7, 11) is 1.57. The van der Waals surface area contributed by atoms with E-state index >= 15 is 0 Å². The topological polar surface area (TPSA) is 78.8 Å². The van der Waals surface area contributed by atoms with Crippen molar-refractivity contribution >= 4 is 16.7 Å². The van der Waals surface area contributed by atoms with Crippen molar-refractivity contribution in [1.29, 1.82) is 0 Å². The van der Waals surface area contributed by atoms with Gasteiger partial charge < -0.3 is 20.3 Å². The van der Waals surface area contributed by atoms with Gasteiger partial charge in [-0.05, 0) is 30.0 Å². The summed E-state index contributed by atoms with van der Waals surface area (Å²) in [6.45, 7) is 0.317. The lowest BCUT2D eigenvalue weighted by molar-refractivity contribution is 0.0895. The Kier molecular flexibility index (Phi) is 5.14. The van der Waals surface area contributed by atoms with Crippen molar-refractivity contribution in [1.82, 2.24) is 5.32 Å². The van der Waals surface area contributed by atoms with Crippen LogP contribution in [0.5, 0.6) is 5.75 Å². The molecule has 0 saturated heterocycles. The summed E-state index contributed by atoms with van der Waals surface area (Å²) in [6.07, 6.45) is 0.539. The number of rotatable bonds is 6. The number of benzene rings is 2. The Hall–Kier alpha value is -2.11. The van der Waals surface area contributed by atoms with Crippen LogP contribution in [0.3, 0.4) is 0 Å². The number of methoxy groups -OCH3 is 1. The zero-order chi connectivity index (χ0) is 15.2. The van der Waals surface area contributed by atoms with Crippen LogP contribution in [0.15, 0.2) is 36.4 Å². The Balaban J connectivity index is 2.17. The van der Waals surface area contributed by atoms with Gasteiger partial charge in [-0.1, -0.05) is 18.2 Å². The van der Waals surface area contributed by atoms with Crippen LogP contribution >= 0.6 is 0 Å². The number of phenolic OH excluding ortho intramolecular Hbond substituents is 1. The number of aromatic hydroxyl groups is 1. The lowest BCUT2D eigenvalue weighted by Gasteiger charge is -2.16. The van der Waals surface area contributed by atoms with Crippen LogP contribution in [0.1, 0.15) is 16.8 Å². The van der Waals surface area contributed by atoms with Crippen molar-refractivity contribution in [3.63, 3.8) is 0 Å². The first kappa shape index (κ1) is 15.3. The van der Waals surface area contributed by atoms with Crippen LogP contribution in [0.4, 0.5) is 0 Å². The molecule has 0 bridgehead atoms. The van der Waals surface area contributed by atoms with Crippen LogP contribution < -0.4 is 5.32 Å². The summed E-state index contributed by atoms with van der Waals surface area (Å²) in [6, 6.07) is 9.98. The Morgan fingerprint density at radius 2 is 2.14 bits per heavy atom. The molecule has 1 unspecified atom stereocenters. The molecule has 0 aromatic heterocycles. The van der Waals surface area contributed by atoms with Gasteiger partial charge in [0.1, 0.15) is 5.75 Å². The minimum absolute atomic E-state index is 0.139. The van der Waals surface area contributed by atoms with E-state index in [1.165, 1.54) is 0 Å². The number of phenols is 1. The monoisotopic (exact) mass is 289 g/mol. The maximum absolute atomic E-state index is 12.2. The fraction of sp³-hybridized carbons (Fsp3) is 0.312. The molecule has 5 nitrogen and oxygen atoms in total. The molecule has 21 heavy (non-hydrogen) atoms. The van der Waals surface area contributed by atoms with Crippen LogP contribution in [-0.2, 0) is 4.74 Å². The highest BCUT2D eigenvalue weighted by Gasteiger charge is 2.13. The summed E-state index contributed by atoms with van der Waals surface area (Å²) in [5.74, 6) is -0.143. The second-order valence-corrected chi connectivity index (χ2v) is 4.85. The lowest BCUT2D eigenvalue weighted by atomic mass is 10.1. The Morgan fingerprint density at radius 3 is 2.86 bits per heavy atom. The maximum atomic E-state index is 12.2. The molecule has 0 saturated carbocycles. The molecule has 1 amide bonds. The van der Waals surface area contributed by atoms with E-state index in [0.29, 0.717) is 24.0 Å². The minimum atomic E-state index is -0.350. The smallest absolute Gasteiger partial charge is 0.251 e. The highest BCUT2D eigenvalue weighted by atomic mass is 16.5. The maximum Gasteiger partial charge on any atom is 0.251 e. The molecule has 2 rings (SSSR count). The number of nitrogens with one attached hydrogen (secondary N) is 1. The van der Waals surface area contributed by atoms with Gasteiger partial charge in [-0.2, -0.15) is 0 Å². The quantitative estimate of drug-likeness (QED) is 0.756. The molecule has 1 atom stereocenters. The van der Waals surface area contributed by atoms with E-state index in [2.05, 4.69) is 5.32 Å². The van der Waals surface area contributed by atoms with Gasteiger partial charge >= 0.3 is 0 Å². The fourth-order valence-corrected chi connectivity index (χ4v) is 2.14. The molecule has 0 aliphatic heterocycles. The molecule has 5 heteroatoms. The first-order valence-electron chi connectivity index (χ1n) is 6.78. The van der Waals surface area contributed by atoms with Crippen LogP contribution in [0.2, 0.25) is 0 Å². The first-order valence-corrected chi connectivity index (χ1v) is 6.78. The third-order valence-electron chi connectivity index (χ3n) is 3.35. The van der Waals surface area contributed by atoms with E-state index in [-0.39, 0.29) is 24.3 Å². The number of aliphatic hydroxyl groups excluding tert-OH is 1. The van der Waals surface area contributed by atoms with Gasteiger partial charge in [0.15, 0.2) is 0 Å². The molecular formula is C16H19NO4. The van der Waals surface area contributed by atoms with Crippen LogP contribution in [0.25, 0.3) is 10.8 Å². The first-order chi connectivity index (χ1) is 10.2. The molecular weight excluding hydrogens is 270 g/mol. The number of carbonyl (C=O) groups excluding carboxylic acids is 1. The standard InChI is InChI=1S/C16H19NO4/c1-21-8-7-13(10-18)17-16(20)12-6-5-11-3-2-4-15(19)14(11)9-12/h2-6,9,13,18-19H,7-8,10H2,1H3,(H,17,20). The van der Waals surface area contributed by atoms with Gasteiger partial charge in [0.25, 0.3) is 5.91 Å². The molecule has 0 fully saturated rings. The largest absolute Gasteiger partial charge is 0.507 e. The van der Waals surface area contributed by atoms with Crippen molar-refractivity contribution < 1.29 is 19.7 Å². The SMILES string of the molecule is COCCC(CO)NC(=O)c1ccc2cccc(O)c2c1. The third kappa shape index (κ3) is 3.71. The second-order valence-electron chi connectivity index (χ2n) is 4.85. The normalized spacial score (nSPS) is 12.3. The van der Waals surface area contributed by atoms with E-state index in [1.807, 2.05) is 6.07 Å². The molecule has 2 aromatic carbocycles. The average Bonchev–Trinajstić information content (AvgIpc) is 2.51. The van der Waals surface area contributed by atoms with Crippen molar-refractivity contribution in [3.05, 3.63) is 42.0 Å². The molecule has 3 N–H and O–H groups in total. The summed E-state index contributed by atoms with van der Waals surface area (Å²) < 4.78 is 4.94. The Bertz CT molecular complexity index is 627. The molecule has 0 heterocycles. The van der Waals surface area contributed by atoms with Gasteiger partial charge in [0.2, 0.25) is 0 Å². The van der Waals surface area contributed by atoms with Gasteiger partial charge in [0, 0.05) is 24.7 Å². The van der Waals surface area contributed by atoms with Crippen molar-refractivity contribution in [3.8, 4) is 5.75 Å². The third-order valence-corrected chi connectivity index (χ3v) is 3.35. The van der Waals surface area contributed by atoms with Crippen molar-refractivity contribution in [2.24, 2.45) is 0 Å². The Morgan fingerprint density at radius 1 is 1.33 bits per heavy atom. The van der Waals surface area contributed by atoms with Gasteiger partial charge in [-0.3, -0.25) is 4.79 Å². The molecule has 2 aromatic rings. The summed E-state index contributed by atoms with van der Waals surface area (Å²) >= 11 is 0. The predicted octanol–water partition coefficient (Wildman–Crippen LogP) is 1.67. The molecule has 0 aliphatic rings. The number of carbonyl (C=O) groups is 1. The van der Waals surface area contributed by atoms with E-state index in [4.69, 9.17) is 4.74 Å². The van der Waals surface area contributed by atoms with Gasteiger partial charge in [-0.25, -0.2) is 0 Å². The van der Waals surface area contributed by atoms with Crippen LogP contribution in [-0.4, -0.2) is 42.5 Å². The zero-order valence-corrected chi connectivity index (χ0v) is 11.9. The highest BCUT2D eigenvalue weighted by molar-refractivity contribution is 6.00. The number of fused-ring (bicyclic) bond motifs is 1. The van der Waals surface area contributed by atoms with E-state index < -0.39 is 0 Å². The molecule has 112 valence electrons. The lowest BCUT2D eigenvalue weighted by Crippen LogP contribution is -2.38. The summed E-state index contributed by atoms with van der Waals surface area (Å²) in [5.41, 5.74) is 0.444. The summed E-state index contributed by atoms with van der Waals surface area (Å²) in [5, 5.41) is 23.3. The average molecular weight is 289 g/mol. The highest BCUT2D eigenvalue weighted by Crippen LogP contribution is 2.25. The van der Waals surface area contributed by atoms with Gasteiger partial charge in [-0.15, -0.1) is 0 Å². The number of amides is 1. The van der Waals surface area contributed by atoms with Crippen molar-refractivity contribution in [2.75, 3.05) is 20.3 Å². The second kappa shape index (κ2) is 7.06. The Labute approximate surface area is 123 Å². The van der Waals surface area contributed by atoms with Crippen molar-refractivity contribution in [2.45, 2.75) is 12.5 Å². The van der Waals surface area contributed by atoms with E-state index in [9.17, 15) is 15.0 Å². The number of hydrogen-bond acceptors (Lipinski definition) is 4. The van der Waals surface area contributed by atoms with Crippen LogP contribution in [0, 0.1) is 0 Å². The molecule has 0 aliphatic carbocycles. The number of ether oxygens (including phenoxy) is 1. The fourth-order valence-electron chi connectivity index (χ4n) is 2.14. The number of aliphatic hydroxyl groups is 1. The van der Waals surface area contributed by atoms with E-state index in [0.717, 1.165) is 5.39 Å². The molecule has 0 radical (unpaired) electrons. The summed E-state index contributed by atoms with van der Waals surface area (Å²) in [4.78, 5) is 12.2. The van der Waals surface area contributed by atoms with Gasteiger partial charge in [0.05, 0.1) is 12.6 Å². The van der Waals surface area contributed by atoms with E-state index in [1.54, 1.807) is 37.4 Å². The zero-order valence-electron chi connectivity index (χ0n) is 11.9. The minimum Gasteiger partial charge on any atom is -0.507 e.